The standard InChI is InChI=1S/C12H18FNOS/c1-10-6-11(4-2-3-5-14)8-12(7-10)16(15)9-13/h6-8H,2-5,9,14H2,1H3. The fourth-order valence-corrected chi connectivity index (χ4v) is 2.36. The van der Waals surface area contributed by atoms with Gasteiger partial charge in [0, 0.05) is 4.90 Å². The number of aryl methyl sites for hydroxylation is 2. The normalized spacial score (nSPS) is 12.7. The van der Waals surface area contributed by atoms with Crippen LogP contribution in [0.15, 0.2) is 23.1 Å². The zero-order valence-electron chi connectivity index (χ0n) is 9.54. The molecular weight excluding hydrogens is 225 g/mol. The zero-order valence-corrected chi connectivity index (χ0v) is 10.4. The molecule has 0 saturated heterocycles. The van der Waals surface area contributed by atoms with Gasteiger partial charge in [-0.25, -0.2) is 4.39 Å². The molecule has 0 radical (unpaired) electrons. The Kier molecular flexibility index (Phi) is 5.63. The molecule has 0 saturated carbocycles. The van der Waals surface area contributed by atoms with Gasteiger partial charge in [0.1, 0.15) is 0 Å². The van der Waals surface area contributed by atoms with Crippen molar-refractivity contribution in [3.8, 4) is 0 Å². The Morgan fingerprint density at radius 2 is 2.06 bits per heavy atom. The van der Waals surface area contributed by atoms with Crippen LogP contribution in [0.5, 0.6) is 0 Å². The van der Waals surface area contributed by atoms with Gasteiger partial charge in [-0.1, -0.05) is 6.07 Å². The third-order valence-corrected chi connectivity index (χ3v) is 3.35. The number of benzene rings is 1. The fourth-order valence-electron chi connectivity index (χ4n) is 1.64. The van der Waals surface area contributed by atoms with Crippen LogP contribution in [-0.2, 0) is 17.2 Å². The molecule has 16 heavy (non-hydrogen) atoms. The summed E-state index contributed by atoms with van der Waals surface area (Å²) in [6.45, 7) is 2.63. The van der Waals surface area contributed by atoms with Gasteiger partial charge in [-0.3, -0.25) is 4.21 Å². The van der Waals surface area contributed by atoms with E-state index in [1.807, 2.05) is 13.0 Å². The average Bonchev–Trinajstić information content (AvgIpc) is 2.27. The minimum atomic E-state index is -1.51. The van der Waals surface area contributed by atoms with Gasteiger partial charge >= 0.3 is 0 Å². The summed E-state index contributed by atoms with van der Waals surface area (Å²) < 4.78 is 23.7. The first-order valence-electron chi connectivity index (χ1n) is 5.42. The van der Waals surface area contributed by atoms with Gasteiger partial charge in [-0.2, -0.15) is 0 Å². The van der Waals surface area contributed by atoms with Crippen molar-refractivity contribution in [3.63, 3.8) is 0 Å². The van der Waals surface area contributed by atoms with E-state index in [4.69, 9.17) is 5.73 Å². The van der Waals surface area contributed by atoms with Gasteiger partial charge in [0.25, 0.3) is 0 Å². The van der Waals surface area contributed by atoms with Crippen LogP contribution < -0.4 is 5.73 Å². The lowest BCUT2D eigenvalue weighted by Crippen LogP contribution is -2.00. The number of nitrogens with two attached hydrogens (primary N) is 1. The minimum Gasteiger partial charge on any atom is -0.330 e. The van der Waals surface area contributed by atoms with Crippen LogP contribution >= 0.6 is 0 Å². The molecule has 2 nitrogen and oxygen atoms in total. The van der Waals surface area contributed by atoms with Crippen molar-refractivity contribution in [3.05, 3.63) is 29.3 Å². The van der Waals surface area contributed by atoms with Crippen LogP contribution in [0.1, 0.15) is 24.0 Å². The van der Waals surface area contributed by atoms with Crippen molar-refractivity contribution in [1.82, 2.24) is 0 Å². The van der Waals surface area contributed by atoms with Crippen LogP contribution in [0, 0.1) is 6.92 Å². The zero-order chi connectivity index (χ0) is 12.0. The lowest BCUT2D eigenvalue weighted by Gasteiger charge is -2.06. The van der Waals surface area contributed by atoms with Crippen molar-refractivity contribution >= 4 is 10.8 Å². The minimum absolute atomic E-state index is 0.588. The molecule has 0 aliphatic heterocycles. The van der Waals surface area contributed by atoms with E-state index in [-0.39, 0.29) is 0 Å². The van der Waals surface area contributed by atoms with Gasteiger partial charge in [0.15, 0.2) is 6.01 Å². The molecule has 2 N–H and O–H groups in total. The maximum absolute atomic E-state index is 12.3. The Balaban J connectivity index is 2.77. The summed E-state index contributed by atoms with van der Waals surface area (Å²) in [6, 6.07) is 4.85. The van der Waals surface area contributed by atoms with Gasteiger partial charge < -0.3 is 5.73 Å². The highest BCUT2D eigenvalue weighted by Crippen LogP contribution is 2.15. The predicted molar refractivity (Wildman–Crippen MR) is 65.6 cm³/mol. The molecule has 0 aliphatic rings. The second kappa shape index (κ2) is 6.76. The fraction of sp³-hybridized carbons (Fsp3) is 0.500. The van der Waals surface area contributed by atoms with Crippen LogP contribution in [0.2, 0.25) is 0 Å². The number of unbranched alkanes of at least 4 members (excludes halogenated alkanes) is 1. The molecule has 0 bridgehead atoms. The number of halogens is 1. The molecule has 0 aromatic heterocycles. The first kappa shape index (κ1) is 13.3. The third-order valence-electron chi connectivity index (χ3n) is 2.39. The molecule has 1 unspecified atom stereocenters. The molecule has 0 heterocycles. The maximum atomic E-state index is 12.3. The first-order chi connectivity index (χ1) is 7.67. The van der Waals surface area contributed by atoms with Crippen molar-refractivity contribution in [2.75, 3.05) is 12.6 Å². The van der Waals surface area contributed by atoms with Gasteiger partial charge in [0.2, 0.25) is 0 Å². The monoisotopic (exact) mass is 243 g/mol. The molecule has 0 fully saturated rings. The van der Waals surface area contributed by atoms with Crippen molar-refractivity contribution in [2.24, 2.45) is 5.73 Å². The van der Waals surface area contributed by atoms with Crippen LogP contribution in [0.25, 0.3) is 0 Å². The Hall–Kier alpha value is -0.740. The van der Waals surface area contributed by atoms with E-state index in [1.165, 1.54) is 0 Å². The number of hydrogen-bond acceptors (Lipinski definition) is 2. The van der Waals surface area contributed by atoms with Gasteiger partial charge in [0.05, 0.1) is 10.8 Å². The van der Waals surface area contributed by atoms with E-state index in [9.17, 15) is 8.60 Å². The van der Waals surface area contributed by atoms with E-state index in [0.29, 0.717) is 11.4 Å². The second-order valence-corrected chi connectivity index (χ2v) is 5.24. The largest absolute Gasteiger partial charge is 0.330 e. The molecule has 0 spiro atoms. The lowest BCUT2D eigenvalue weighted by atomic mass is 10.1. The Labute approximate surface area is 98.5 Å². The molecule has 1 aromatic rings. The van der Waals surface area contributed by atoms with Crippen molar-refractivity contribution in [2.45, 2.75) is 31.1 Å². The van der Waals surface area contributed by atoms with Crippen LogP contribution in [0.4, 0.5) is 4.39 Å². The summed E-state index contributed by atoms with van der Waals surface area (Å²) in [4.78, 5) is 0.588. The molecule has 1 rings (SSSR count). The SMILES string of the molecule is Cc1cc(CCCCN)cc(S(=O)CF)c1. The van der Waals surface area contributed by atoms with E-state index in [2.05, 4.69) is 6.07 Å². The third kappa shape index (κ3) is 4.02. The molecule has 1 aromatic carbocycles. The highest BCUT2D eigenvalue weighted by atomic mass is 32.2. The molecular formula is C12H18FNOS. The van der Waals surface area contributed by atoms with Crippen LogP contribution in [-0.4, -0.2) is 16.8 Å². The highest BCUT2D eigenvalue weighted by molar-refractivity contribution is 7.84. The molecule has 0 aliphatic carbocycles. The summed E-state index contributed by atoms with van der Waals surface area (Å²) >= 11 is 0. The first-order valence-corrected chi connectivity index (χ1v) is 6.74. The van der Waals surface area contributed by atoms with Crippen molar-refractivity contribution in [1.29, 1.82) is 0 Å². The second-order valence-electron chi connectivity index (χ2n) is 3.85. The molecule has 4 heteroatoms. The van der Waals surface area contributed by atoms with Crippen molar-refractivity contribution < 1.29 is 8.60 Å². The maximum Gasteiger partial charge on any atom is 0.169 e. The average molecular weight is 243 g/mol. The summed E-state index contributed by atoms with van der Waals surface area (Å²) in [7, 11) is -1.51. The predicted octanol–water partition coefficient (Wildman–Crippen LogP) is 2.31. The Morgan fingerprint density at radius 3 is 2.69 bits per heavy atom. The molecule has 1 atom stereocenters. The van der Waals surface area contributed by atoms with E-state index >= 15 is 0 Å². The van der Waals surface area contributed by atoms with Gasteiger partial charge in [-0.15, -0.1) is 0 Å². The van der Waals surface area contributed by atoms with E-state index in [0.717, 1.165) is 30.4 Å². The topological polar surface area (TPSA) is 43.1 Å². The highest BCUT2D eigenvalue weighted by Gasteiger charge is 2.05. The lowest BCUT2D eigenvalue weighted by molar-refractivity contribution is 0.580. The summed E-state index contributed by atoms with van der Waals surface area (Å²) in [5.74, 6) is 0. The summed E-state index contributed by atoms with van der Waals surface area (Å²) in [5, 5.41) is 0. The Morgan fingerprint density at radius 1 is 1.31 bits per heavy atom. The summed E-state index contributed by atoms with van der Waals surface area (Å²) in [6.07, 6.45) is 2.91. The van der Waals surface area contributed by atoms with E-state index in [1.54, 1.807) is 6.07 Å². The van der Waals surface area contributed by atoms with Gasteiger partial charge in [-0.05, 0) is 56.0 Å². The quantitative estimate of drug-likeness (QED) is 0.779. The summed E-state index contributed by atoms with van der Waals surface area (Å²) in [5.41, 5.74) is 7.57. The number of alkyl halides is 1. The van der Waals surface area contributed by atoms with Crippen LogP contribution in [0.3, 0.4) is 0 Å². The molecule has 90 valence electrons. The number of hydrogen-bond donors (Lipinski definition) is 1. The Bertz CT molecular complexity index is 368. The number of rotatable bonds is 6. The smallest absolute Gasteiger partial charge is 0.169 e. The van der Waals surface area contributed by atoms with E-state index < -0.39 is 16.8 Å². The molecule has 0 amide bonds.